The molecule has 212 valence electrons. The van der Waals surface area contributed by atoms with E-state index in [1.54, 1.807) is 6.33 Å². The van der Waals surface area contributed by atoms with Gasteiger partial charge in [-0.1, -0.05) is 26.5 Å². The number of nitrogens with one attached hydrogen (secondary N) is 1. The molecule has 2 saturated heterocycles. The smallest absolute Gasteiger partial charge is 0.158 e. The summed E-state index contributed by atoms with van der Waals surface area (Å²) in [5, 5.41) is 5.79. The molecule has 3 aromatic heterocycles. The SMILES string of the molecule is C=C(CN1CC(C)OC(C)C1)N1CCC(c2ccc3[nH]c(-c4cn5ncnc5c(C)c4C)c(C(C)C)c3c2)CC1. The molecule has 0 aliphatic carbocycles. The second kappa shape index (κ2) is 10.7. The van der Waals surface area contributed by atoms with Crippen LogP contribution in [-0.2, 0) is 4.74 Å². The number of hydrogen-bond donors (Lipinski definition) is 1. The number of hydrogen-bond acceptors (Lipinski definition) is 5. The van der Waals surface area contributed by atoms with Gasteiger partial charge in [0.05, 0.1) is 17.9 Å². The molecule has 2 aliphatic heterocycles. The number of fused-ring (bicyclic) bond motifs is 2. The number of H-pyrrole nitrogens is 1. The topological polar surface area (TPSA) is 61.7 Å². The Balaban J connectivity index is 1.22. The predicted molar refractivity (Wildman–Crippen MR) is 163 cm³/mol. The molecule has 2 aliphatic rings. The first-order chi connectivity index (χ1) is 19.2. The van der Waals surface area contributed by atoms with E-state index in [4.69, 9.17) is 4.74 Å². The summed E-state index contributed by atoms with van der Waals surface area (Å²) in [6.45, 7) is 22.8. The quantitative estimate of drug-likeness (QED) is 0.306. The molecule has 0 spiro atoms. The second-order valence-electron chi connectivity index (χ2n) is 12.5. The minimum absolute atomic E-state index is 0.292. The molecule has 0 amide bonds. The van der Waals surface area contributed by atoms with Crippen LogP contribution < -0.4 is 0 Å². The maximum absolute atomic E-state index is 5.92. The van der Waals surface area contributed by atoms with Gasteiger partial charge in [0.15, 0.2) is 5.65 Å². The first kappa shape index (κ1) is 27.0. The highest BCUT2D eigenvalue weighted by Crippen LogP contribution is 2.40. The Morgan fingerprint density at radius 1 is 1.10 bits per heavy atom. The lowest BCUT2D eigenvalue weighted by molar-refractivity contribution is -0.0667. The van der Waals surface area contributed by atoms with Crippen LogP contribution in [0, 0.1) is 13.8 Å². The maximum atomic E-state index is 5.92. The van der Waals surface area contributed by atoms with E-state index < -0.39 is 0 Å². The van der Waals surface area contributed by atoms with Crippen LogP contribution in [0.3, 0.4) is 0 Å². The van der Waals surface area contributed by atoms with Crippen LogP contribution in [0.1, 0.15) is 74.6 Å². The number of nitrogens with zero attached hydrogens (tertiary/aromatic N) is 5. The lowest BCUT2D eigenvalue weighted by Crippen LogP contribution is -2.47. The number of aromatic nitrogens is 4. The molecule has 2 unspecified atom stereocenters. The number of morpholine rings is 1. The first-order valence-corrected chi connectivity index (χ1v) is 15.0. The molecule has 0 radical (unpaired) electrons. The number of aryl methyl sites for hydroxylation is 1. The van der Waals surface area contributed by atoms with E-state index in [-0.39, 0.29) is 0 Å². The Hall–Kier alpha value is -3.16. The van der Waals surface area contributed by atoms with Crippen LogP contribution >= 0.6 is 0 Å². The monoisotopic (exact) mass is 540 g/mol. The molecule has 4 aromatic rings. The van der Waals surface area contributed by atoms with Gasteiger partial charge in [-0.2, -0.15) is 5.10 Å². The Kier molecular flexibility index (Phi) is 7.21. The van der Waals surface area contributed by atoms with Crippen LogP contribution in [0.15, 0.2) is 43.0 Å². The van der Waals surface area contributed by atoms with Gasteiger partial charge in [0.25, 0.3) is 0 Å². The van der Waals surface area contributed by atoms with Crippen molar-refractivity contribution in [1.82, 2.24) is 29.4 Å². The van der Waals surface area contributed by atoms with Gasteiger partial charge in [-0.25, -0.2) is 9.50 Å². The number of aromatic amines is 1. The third kappa shape index (κ3) is 4.94. The Morgan fingerprint density at radius 2 is 1.82 bits per heavy atom. The average Bonchev–Trinajstić information content (AvgIpc) is 3.54. The molecule has 0 bridgehead atoms. The number of likely N-dealkylation sites (tertiary alicyclic amines) is 1. The number of rotatable bonds is 6. The second-order valence-corrected chi connectivity index (χ2v) is 12.5. The molecule has 7 heteroatoms. The van der Waals surface area contributed by atoms with Gasteiger partial charge in [0, 0.05) is 61.1 Å². The summed E-state index contributed by atoms with van der Waals surface area (Å²) >= 11 is 0. The standard InChI is InChI=1S/C33H44N6O/c1-20(2)31-28-14-27(26-10-12-38(13-11-26)21(3)15-37-16-22(4)40-23(5)17-37)8-9-30(28)36-32(31)29-18-39-33(34-19-35-39)25(7)24(29)6/h8-9,14,18-20,22-23,26,36H,3,10-13,15-17H2,1-2,4-7H3. The van der Waals surface area contributed by atoms with Gasteiger partial charge in [-0.15, -0.1) is 0 Å². The lowest BCUT2D eigenvalue weighted by Gasteiger charge is -2.39. The van der Waals surface area contributed by atoms with Crippen LogP contribution in [-0.4, -0.2) is 74.3 Å². The van der Waals surface area contributed by atoms with Crippen LogP contribution in [0.5, 0.6) is 0 Å². The summed E-state index contributed by atoms with van der Waals surface area (Å²) in [6, 6.07) is 7.10. The van der Waals surface area contributed by atoms with Crippen molar-refractivity contribution < 1.29 is 4.74 Å². The van der Waals surface area contributed by atoms with E-state index in [1.807, 2.05) is 4.52 Å². The fraction of sp³-hybridized carbons (Fsp3) is 0.515. The van der Waals surface area contributed by atoms with E-state index >= 15 is 0 Å². The van der Waals surface area contributed by atoms with Crippen molar-refractivity contribution >= 4 is 16.6 Å². The minimum atomic E-state index is 0.292. The number of ether oxygens (including phenoxy) is 1. The van der Waals surface area contributed by atoms with E-state index in [0.29, 0.717) is 24.0 Å². The minimum Gasteiger partial charge on any atom is -0.374 e. The van der Waals surface area contributed by atoms with Gasteiger partial charge in [0.1, 0.15) is 6.33 Å². The van der Waals surface area contributed by atoms with Crippen LogP contribution in [0.2, 0.25) is 0 Å². The fourth-order valence-corrected chi connectivity index (χ4v) is 7.05. The van der Waals surface area contributed by atoms with E-state index in [0.717, 1.165) is 51.2 Å². The van der Waals surface area contributed by atoms with Gasteiger partial charge in [-0.3, -0.25) is 4.90 Å². The van der Waals surface area contributed by atoms with Gasteiger partial charge in [-0.05, 0) is 86.8 Å². The zero-order chi connectivity index (χ0) is 28.1. The van der Waals surface area contributed by atoms with Crippen molar-refractivity contribution in [3.63, 3.8) is 0 Å². The Labute approximate surface area is 238 Å². The van der Waals surface area contributed by atoms with E-state index in [1.165, 1.54) is 50.1 Å². The number of pyridine rings is 1. The van der Waals surface area contributed by atoms with Crippen molar-refractivity contribution in [2.24, 2.45) is 0 Å². The third-order valence-electron chi connectivity index (χ3n) is 9.15. The largest absolute Gasteiger partial charge is 0.374 e. The Morgan fingerprint density at radius 3 is 2.52 bits per heavy atom. The van der Waals surface area contributed by atoms with Crippen molar-refractivity contribution in [2.75, 3.05) is 32.7 Å². The summed E-state index contributed by atoms with van der Waals surface area (Å²) in [7, 11) is 0. The number of benzene rings is 1. The van der Waals surface area contributed by atoms with Crippen LogP contribution in [0.25, 0.3) is 27.8 Å². The predicted octanol–water partition coefficient (Wildman–Crippen LogP) is 6.42. The van der Waals surface area contributed by atoms with Crippen molar-refractivity contribution in [2.45, 2.75) is 78.4 Å². The fourth-order valence-electron chi connectivity index (χ4n) is 7.05. The zero-order valence-corrected chi connectivity index (χ0v) is 25.0. The van der Waals surface area contributed by atoms with E-state index in [2.05, 4.69) is 97.4 Å². The van der Waals surface area contributed by atoms with E-state index in [9.17, 15) is 0 Å². The first-order valence-electron chi connectivity index (χ1n) is 15.0. The molecule has 2 atom stereocenters. The molecule has 6 rings (SSSR count). The molecule has 0 saturated carbocycles. The molecular formula is C33H44N6O. The summed E-state index contributed by atoms with van der Waals surface area (Å²) in [5.74, 6) is 0.965. The molecule has 1 aromatic carbocycles. The summed E-state index contributed by atoms with van der Waals surface area (Å²) in [4.78, 5) is 13.3. The molecule has 2 fully saturated rings. The average molecular weight is 541 g/mol. The highest BCUT2D eigenvalue weighted by atomic mass is 16.5. The van der Waals surface area contributed by atoms with Crippen molar-refractivity contribution in [1.29, 1.82) is 0 Å². The molecule has 1 N–H and O–H groups in total. The highest BCUT2D eigenvalue weighted by molar-refractivity contribution is 5.92. The molecule has 40 heavy (non-hydrogen) atoms. The molecular weight excluding hydrogens is 496 g/mol. The van der Waals surface area contributed by atoms with Gasteiger partial charge >= 0.3 is 0 Å². The third-order valence-corrected chi connectivity index (χ3v) is 9.15. The summed E-state index contributed by atoms with van der Waals surface area (Å²) in [6.07, 6.45) is 6.67. The van der Waals surface area contributed by atoms with Crippen molar-refractivity contribution in [3.05, 3.63) is 65.3 Å². The normalized spacial score (nSPS) is 21.2. The van der Waals surface area contributed by atoms with Gasteiger partial charge < -0.3 is 14.6 Å². The summed E-state index contributed by atoms with van der Waals surface area (Å²) < 4.78 is 7.82. The summed E-state index contributed by atoms with van der Waals surface area (Å²) in [5.41, 5.74) is 11.1. The molecule has 5 heterocycles. The van der Waals surface area contributed by atoms with Gasteiger partial charge in [0.2, 0.25) is 0 Å². The highest BCUT2D eigenvalue weighted by Gasteiger charge is 2.27. The van der Waals surface area contributed by atoms with Crippen molar-refractivity contribution in [3.8, 4) is 11.3 Å². The number of piperidine rings is 1. The lowest BCUT2D eigenvalue weighted by atomic mass is 9.87. The molecule has 7 nitrogen and oxygen atoms in total. The Bertz CT molecular complexity index is 1530. The van der Waals surface area contributed by atoms with Crippen LogP contribution in [0.4, 0.5) is 0 Å². The zero-order valence-electron chi connectivity index (χ0n) is 25.0. The maximum Gasteiger partial charge on any atom is 0.158 e.